The second-order valence-electron chi connectivity index (χ2n) is 8.49. The molecular formula is C24H23N3O3S2. The molecule has 0 unspecified atom stereocenters. The van der Waals surface area contributed by atoms with Crippen molar-refractivity contribution >= 4 is 46.2 Å². The molecule has 0 aliphatic carbocycles. The lowest BCUT2D eigenvalue weighted by Gasteiger charge is -2.42. The van der Waals surface area contributed by atoms with Crippen molar-refractivity contribution in [3.63, 3.8) is 0 Å². The summed E-state index contributed by atoms with van der Waals surface area (Å²) in [5, 5.41) is 0. The molecule has 6 nitrogen and oxygen atoms in total. The molecule has 0 saturated carbocycles. The summed E-state index contributed by atoms with van der Waals surface area (Å²) in [6.07, 6.45) is 3.09. The molecule has 5 rings (SSSR count). The van der Waals surface area contributed by atoms with Gasteiger partial charge in [0.1, 0.15) is 4.32 Å². The Morgan fingerprint density at radius 3 is 2.69 bits per heavy atom. The summed E-state index contributed by atoms with van der Waals surface area (Å²) >= 11 is 6.69. The van der Waals surface area contributed by atoms with Crippen molar-refractivity contribution < 1.29 is 9.59 Å². The number of pyridine rings is 1. The molecule has 1 aromatic heterocycles. The summed E-state index contributed by atoms with van der Waals surface area (Å²) in [6, 6.07) is 15.1. The Morgan fingerprint density at radius 2 is 1.88 bits per heavy atom. The van der Waals surface area contributed by atoms with Crippen LogP contribution in [0, 0.1) is 5.92 Å². The van der Waals surface area contributed by atoms with Crippen LogP contribution in [0.15, 0.2) is 58.2 Å². The summed E-state index contributed by atoms with van der Waals surface area (Å²) < 4.78 is 2.36. The van der Waals surface area contributed by atoms with Gasteiger partial charge in [-0.2, -0.15) is 0 Å². The molecule has 0 radical (unpaired) electrons. The smallest absolute Gasteiger partial charge is 0.266 e. The van der Waals surface area contributed by atoms with Crippen LogP contribution in [0.5, 0.6) is 0 Å². The second-order valence-corrected chi connectivity index (χ2v) is 10.2. The first-order valence-electron chi connectivity index (χ1n) is 10.8. The van der Waals surface area contributed by atoms with Gasteiger partial charge in [0.25, 0.3) is 11.5 Å². The van der Waals surface area contributed by atoms with Crippen molar-refractivity contribution in [1.82, 2.24) is 14.4 Å². The van der Waals surface area contributed by atoms with Crippen LogP contribution in [0.4, 0.5) is 0 Å². The number of piperidine rings is 1. The van der Waals surface area contributed by atoms with E-state index >= 15 is 0 Å². The zero-order valence-electron chi connectivity index (χ0n) is 17.5. The van der Waals surface area contributed by atoms with Crippen LogP contribution in [-0.2, 0) is 16.1 Å². The van der Waals surface area contributed by atoms with E-state index in [1.54, 1.807) is 12.1 Å². The maximum Gasteiger partial charge on any atom is 0.266 e. The maximum absolute atomic E-state index is 13.0. The largest absolute Gasteiger partial charge is 0.342 e. The minimum Gasteiger partial charge on any atom is -0.342 e. The van der Waals surface area contributed by atoms with E-state index in [0.29, 0.717) is 28.9 Å². The van der Waals surface area contributed by atoms with Crippen LogP contribution in [0.25, 0.3) is 6.08 Å². The molecule has 0 spiro atoms. The first-order valence-corrected chi connectivity index (χ1v) is 12.0. The standard InChI is InChI=1S/C24H23N3O3S2/c28-21(25-13-17-11-18(15-25)19-7-4-8-22(29)27(19)14-17)9-10-26-23(30)20(32-24(26)31)12-16-5-2-1-3-6-16/h1-8,12,17-18H,9-11,13-15H2/b20-12+/t17-,18-/m1/s1. The van der Waals surface area contributed by atoms with Crippen LogP contribution >= 0.6 is 24.0 Å². The lowest BCUT2D eigenvalue weighted by molar-refractivity contribution is -0.134. The predicted octanol–water partition coefficient (Wildman–Crippen LogP) is 3.09. The van der Waals surface area contributed by atoms with Crippen molar-refractivity contribution in [3.05, 3.63) is 75.0 Å². The van der Waals surface area contributed by atoms with E-state index in [4.69, 9.17) is 12.2 Å². The highest BCUT2D eigenvalue weighted by Gasteiger charge is 2.37. The normalized spacial score (nSPS) is 23.6. The van der Waals surface area contributed by atoms with Gasteiger partial charge in [-0.25, -0.2) is 0 Å². The molecule has 2 saturated heterocycles. The van der Waals surface area contributed by atoms with Crippen LogP contribution in [0.3, 0.4) is 0 Å². The molecule has 3 aliphatic rings. The number of likely N-dealkylation sites (tertiary alicyclic amines) is 1. The van der Waals surface area contributed by atoms with E-state index in [1.807, 2.05) is 51.9 Å². The molecule has 8 heteroatoms. The number of hydrogen-bond donors (Lipinski definition) is 0. The Kier molecular flexibility index (Phi) is 5.73. The van der Waals surface area contributed by atoms with Gasteiger partial charge in [-0.3, -0.25) is 19.3 Å². The third kappa shape index (κ3) is 4.04. The summed E-state index contributed by atoms with van der Waals surface area (Å²) in [6.45, 7) is 2.22. The number of benzene rings is 1. The van der Waals surface area contributed by atoms with Crippen LogP contribution in [-0.4, -0.2) is 50.1 Å². The van der Waals surface area contributed by atoms with Gasteiger partial charge in [0.15, 0.2) is 0 Å². The van der Waals surface area contributed by atoms with E-state index in [-0.39, 0.29) is 42.2 Å². The minimum absolute atomic E-state index is 0.0347. The number of rotatable bonds is 4. The molecule has 1 aromatic carbocycles. The van der Waals surface area contributed by atoms with Gasteiger partial charge >= 0.3 is 0 Å². The zero-order valence-corrected chi connectivity index (χ0v) is 19.1. The number of carbonyl (C=O) groups excluding carboxylic acids is 2. The summed E-state index contributed by atoms with van der Waals surface area (Å²) in [5.41, 5.74) is 2.01. The summed E-state index contributed by atoms with van der Waals surface area (Å²) in [4.78, 5) is 42.0. The topological polar surface area (TPSA) is 62.6 Å². The van der Waals surface area contributed by atoms with Crippen molar-refractivity contribution in [2.24, 2.45) is 5.92 Å². The predicted molar refractivity (Wildman–Crippen MR) is 129 cm³/mol. The van der Waals surface area contributed by atoms with Gasteiger partial charge in [0, 0.05) is 50.3 Å². The number of thiocarbonyl (C=S) groups is 1. The lowest BCUT2D eigenvalue weighted by Crippen LogP contribution is -2.49. The average Bonchev–Trinajstić information content (AvgIpc) is 3.05. The Morgan fingerprint density at radius 1 is 1.06 bits per heavy atom. The van der Waals surface area contributed by atoms with Crippen molar-refractivity contribution in [2.75, 3.05) is 19.6 Å². The highest BCUT2D eigenvalue weighted by molar-refractivity contribution is 8.26. The van der Waals surface area contributed by atoms with Gasteiger partial charge in [0.2, 0.25) is 5.91 Å². The lowest BCUT2D eigenvalue weighted by atomic mass is 9.83. The van der Waals surface area contributed by atoms with Gasteiger partial charge in [-0.1, -0.05) is 60.4 Å². The monoisotopic (exact) mass is 465 g/mol. The number of thioether (sulfide) groups is 1. The highest BCUT2D eigenvalue weighted by atomic mass is 32.2. The van der Waals surface area contributed by atoms with E-state index in [0.717, 1.165) is 17.7 Å². The third-order valence-electron chi connectivity index (χ3n) is 6.35. The molecular weight excluding hydrogens is 442 g/mol. The molecule has 4 heterocycles. The zero-order chi connectivity index (χ0) is 22.2. The van der Waals surface area contributed by atoms with Crippen LogP contribution < -0.4 is 5.56 Å². The SMILES string of the molecule is O=C(CCN1C(=O)/C(=C\c2ccccc2)SC1=S)N1C[C@H]2C[C@H](C1)c1cccc(=O)n1C2. The first kappa shape index (κ1) is 21.2. The molecule has 2 bridgehead atoms. The molecule has 32 heavy (non-hydrogen) atoms. The Labute approximate surface area is 195 Å². The van der Waals surface area contributed by atoms with Gasteiger partial charge < -0.3 is 9.47 Å². The number of amides is 2. The van der Waals surface area contributed by atoms with E-state index in [1.165, 1.54) is 16.7 Å². The fraction of sp³-hybridized carbons (Fsp3) is 0.333. The molecule has 2 aromatic rings. The molecule has 2 atom stereocenters. The molecule has 2 amide bonds. The molecule has 0 N–H and O–H groups in total. The van der Waals surface area contributed by atoms with Gasteiger partial charge in [0.05, 0.1) is 4.91 Å². The highest BCUT2D eigenvalue weighted by Crippen LogP contribution is 2.36. The second kappa shape index (κ2) is 8.67. The quantitative estimate of drug-likeness (QED) is 0.513. The van der Waals surface area contributed by atoms with E-state index in [2.05, 4.69) is 0 Å². The Hall–Kier alpha value is -2.71. The fourth-order valence-electron chi connectivity index (χ4n) is 4.86. The maximum atomic E-state index is 13.0. The molecule has 2 fully saturated rings. The van der Waals surface area contributed by atoms with Gasteiger partial charge in [-0.05, 0) is 30.0 Å². The van der Waals surface area contributed by atoms with Crippen molar-refractivity contribution in [1.29, 1.82) is 0 Å². The van der Waals surface area contributed by atoms with Crippen molar-refractivity contribution in [2.45, 2.75) is 25.3 Å². The first-order chi connectivity index (χ1) is 15.5. The third-order valence-corrected chi connectivity index (χ3v) is 7.73. The summed E-state index contributed by atoms with van der Waals surface area (Å²) in [7, 11) is 0. The molecule has 164 valence electrons. The summed E-state index contributed by atoms with van der Waals surface area (Å²) in [5.74, 6) is 0.370. The van der Waals surface area contributed by atoms with E-state index in [9.17, 15) is 14.4 Å². The molecule has 3 aliphatic heterocycles. The average molecular weight is 466 g/mol. The Bertz CT molecular complexity index is 1170. The number of fused-ring (bicyclic) bond motifs is 4. The Balaban J connectivity index is 1.23. The number of aromatic nitrogens is 1. The van der Waals surface area contributed by atoms with Gasteiger partial charge in [-0.15, -0.1) is 0 Å². The van der Waals surface area contributed by atoms with Crippen LogP contribution in [0.1, 0.15) is 30.0 Å². The number of hydrogen-bond acceptors (Lipinski definition) is 5. The minimum atomic E-state index is -0.138. The van der Waals surface area contributed by atoms with E-state index < -0.39 is 0 Å². The number of carbonyl (C=O) groups is 2. The van der Waals surface area contributed by atoms with Crippen molar-refractivity contribution in [3.8, 4) is 0 Å². The number of nitrogens with zero attached hydrogens (tertiary/aromatic N) is 3. The fourth-order valence-corrected chi connectivity index (χ4v) is 6.17. The van der Waals surface area contributed by atoms with Crippen LogP contribution in [0.2, 0.25) is 0 Å².